The second kappa shape index (κ2) is 5.92. The van der Waals surface area contributed by atoms with Crippen molar-refractivity contribution in [3.8, 4) is 5.75 Å². The van der Waals surface area contributed by atoms with E-state index in [9.17, 15) is 4.79 Å². The van der Waals surface area contributed by atoms with Crippen molar-refractivity contribution < 1.29 is 14.3 Å². The molecule has 2 aliphatic heterocycles. The number of rotatable bonds is 7. The Balaban J connectivity index is 1.25. The highest BCUT2D eigenvalue weighted by Gasteiger charge is 2.38. The van der Waals surface area contributed by atoms with E-state index in [-0.39, 0.29) is 12.1 Å². The van der Waals surface area contributed by atoms with Gasteiger partial charge in [0.05, 0.1) is 6.04 Å². The smallest absolute Gasteiger partial charge is 0.306 e. The number of carbonyl (C=O) groups excluding carboxylic acids is 1. The van der Waals surface area contributed by atoms with Gasteiger partial charge in [-0.05, 0) is 42.9 Å². The van der Waals surface area contributed by atoms with Gasteiger partial charge in [-0.25, -0.2) is 0 Å². The highest BCUT2D eigenvalue weighted by Crippen LogP contribution is 2.33. The molecule has 1 saturated carbocycles. The van der Waals surface area contributed by atoms with Crippen LogP contribution in [0.1, 0.15) is 31.2 Å². The first-order chi connectivity index (χ1) is 10.8. The topological polar surface area (TPSA) is 38.5 Å². The minimum atomic E-state index is -0.0677. The molecule has 3 atom stereocenters. The van der Waals surface area contributed by atoms with Crippen LogP contribution in [-0.2, 0) is 16.0 Å². The van der Waals surface area contributed by atoms with E-state index in [1.165, 1.54) is 31.5 Å². The summed E-state index contributed by atoms with van der Waals surface area (Å²) < 4.78 is 11.2. The zero-order valence-corrected chi connectivity index (χ0v) is 12.9. The van der Waals surface area contributed by atoms with Crippen LogP contribution in [0.25, 0.3) is 0 Å². The van der Waals surface area contributed by atoms with Gasteiger partial charge < -0.3 is 9.47 Å². The first-order valence-corrected chi connectivity index (χ1v) is 8.41. The number of hydrogen-bond acceptors (Lipinski definition) is 4. The van der Waals surface area contributed by atoms with Crippen LogP contribution in [-0.4, -0.2) is 42.7 Å². The van der Waals surface area contributed by atoms with Gasteiger partial charge in [-0.3, -0.25) is 9.69 Å². The van der Waals surface area contributed by atoms with Crippen LogP contribution in [0.3, 0.4) is 0 Å². The van der Waals surface area contributed by atoms with Crippen LogP contribution >= 0.6 is 0 Å². The Morgan fingerprint density at radius 2 is 2.18 bits per heavy atom. The highest BCUT2D eigenvalue weighted by atomic mass is 16.5. The van der Waals surface area contributed by atoms with Crippen molar-refractivity contribution in [2.45, 2.75) is 44.2 Å². The van der Waals surface area contributed by atoms with Crippen molar-refractivity contribution in [3.63, 3.8) is 0 Å². The molecule has 2 saturated heterocycles. The summed E-state index contributed by atoms with van der Waals surface area (Å²) in [5.74, 6) is 1.82. The molecule has 2 heterocycles. The van der Waals surface area contributed by atoms with Gasteiger partial charge in [0.2, 0.25) is 0 Å². The predicted octanol–water partition coefficient (Wildman–Crippen LogP) is 2.41. The monoisotopic (exact) mass is 301 g/mol. The Bertz CT molecular complexity index is 555. The molecular weight excluding hydrogens is 278 g/mol. The molecule has 3 aliphatic rings. The van der Waals surface area contributed by atoms with Gasteiger partial charge in [0.15, 0.2) is 0 Å². The molecule has 0 amide bonds. The number of cyclic esters (lactones) is 1. The molecule has 0 N–H and O–H groups in total. The normalized spacial score (nSPS) is 30.2. The molecule has 4 heteroatoms. The molecule has 1 aromatic carbocycles. The average molecular weight is 301 g/mol. The van der Waals surface area contributed by atoms with Crippen LogP contribution in [0.5, 0.6) is 5.75 Å². The third-order valence-electron chi connectivity index (χ3n) is 4.79. The molecule has 0 bridgehead atoms. The lowest BCUT2D eigenvalue weighted by Crippen LogP contribution is -2.13. The minimum Gasteiger partial charge on any atom is -0.492 e. The van der Waals surface area contributed by atoms with E-state index in [1.54, 1.807) is 0 Å². The van der Waals surface area contributed by atoms with Gasteiger partial charge in [-0.1, -0.05) is 12.1 Å². The summed E-state index contributed by atoms with van der Waals surface area (Å²) in [6.45, 7) is 3.24. The number of ether oxygens (including phenoxy) is 2. The van der Waals surface area contributed by atoms with E-state index >= 15 is 0 Å². The molecule has 1 aliphatic carbocycles. The maximum atomic E-state index is 11.2. The van der Waals surface area contributed by atoms with Crippen LogP contribution in [0.4, 0.5) is 0 Å². The van der Waals surface area contributed by atoms with Crippen molar-refractivity contribution >= 4 is 5.97 Å². The van der Waals surface area contributed by atoms with Crippen LogP contribution in [0.2, 0.25) is 0 Å². The second-order valence-corrected chi connectivity index (χ2v) is 6.86. The number of benzene rings is 1. The van der Waals surface area contributed by atoms with E-state index in [0.717, 1.165) is 31.1 Å². The number of hydrogen-bond donors (Lipinski definition) is 0. The molecule has 0 radical (unpaired) electrons. The summed E-state index contributed by atoms with van der Waals surface area (Å²) >= 11 is 0. The van der Waals surface area contributed by atoms with Crippen molar-refractivity contribution in [2.24, 2.45) is 5.92 Å². The summed E-state index contributed by atoms with van der Waals surface area (Å²) in [5, 5.41) is 0. The fourth-order valence-electron chi connectivity index (χ4n) is 3.18. The summed E-state index contributed by atoms with van der Waals surface area (Å²) in [7, 11) is 0. The van der Waals surface area contributed by atoms with Gasteiger partial charge in [0, 0.05) is 25.9 Å². The van der Waals surface area contributed by atoms with Crippen LogP contribution < -0.4 is 4.74 Å². The second-order valence-electron chi connectivity index (χ2n) is 6.86. The summed E-state index contributed by atoms with van der Waals surface area (Å²) in [6.07, 6.45) is 5.05. The van der Waals surface area contributed by atoms with Crippen LogP contribution in [0, 0.1) is 5.92 Å². The van der Waals surface area contributed by atoms with E-state index in [2.05, 4.69) is 17.0 Å². The highest BCUT2D eigenvalue weighted by molar-refractivity contribution is 5.71. The molecule has 3 unspecified atom stereocenters. The standard InChI is InChI=1S/C18H23NO3/c20-18-7-6-17(22-18)9-14-2-1-3-16(8-14)21-12-15-11-19(15)10-13-4-5-13/h1-3,8,13,15,17H,4-7,9-12H2. The lowest BCUT2D eigenvalue weighted by atomic mass is 10.1. The summed E-state index contributed by atoms with van der Waals surface area (Å²) in [5.41, 5.74) is 1.18. The van der Waals surface area contributed by atoms with Gasteiger partial charge in [-0.2, -0.15) is 0 Å². The number of carbonyl (C=O) groups is 1. The third kappa shape index (κ3) is 3.61. The first kappa shape index (κ1) is 14.1. The summed E-state index contributed by atoms with van der Waals surface area (Å²) in [6, 6.07) is 8.81. The molecule has 4 rings (SSSR count). The van der Waals surface area contributed by atoms with Crippen molar-refractivity contribution in [1.82, 2.24) is 4.90 Å². The quantitative estimate of drug-likeness (QED) is 0.572. The molecule has 22 heavy (non-hydrogen) atoms. The predicted molar refractivity (Wildman–Crippen MR) is 82.8 cm³/mol. The Hall–Kier alpha value is -1.55. The van der Waals surface area contributed by atoms with E-state index < -0.39 is 0 Å². The van der Waals surface area contributed by atoms with Crippen molar-refractivity contribution in [2.75, 3.05) is 19.7 Å². The third-order valence-corrected chi connectivity index (χ3v) is 4.79. The summed E-state index contributed by atoms with van der Waals surface area (Å²) in [4.78, 5) is 13.7. The molecule has 118 valence electrons. The molecule has 3 fully saturated rings. The van der Waals surface area contributed by atoms with Gasteiger partial charge >= 0.3 is 5.97 Å². The Labute approximate surface area is 131 Å². The zero-order chi connectivity index (χ0) is 14.9. The molecule has 4 nitrogen and oxygen atoms in total. The maximum absolute atomic E-state index is 11.2. The Kier molecular flexibility index (Phi) is 3.78. The van der Waals surface area contributed by atoms with Crippen LogP contribution in [0.15, 0.2) is 24.3 Å². The van der Waals surface area contributed by atoms with E-state index in [4.69, 9.17) is 9.47 Å². The van der Waals surface area contributed by atoms with E-state index in [0.29, 0.717) is 12.5 Å². The zero-order valence-electron chi connectivity index (χ0n) is 12.9. The van der Waals surface area contributed by atoms with Gasteiger partial charge in [0.1, 0.15) is 18.5 Å². The molecule has 0 aromatic heterocycles. The fourth-order valence-corrected chi connectivity index (χ4v) is 3.18. The molecule has 1 aromatic rings. The first-order valence-electron chi connectivity index (χ1n) is 8.41. The lowest BCUT2D eigenvalue weighted by Gasteiger charge is -2.11. The lowest BCUT2D eigenvalue weighted by molar-refractivity contribution is -0.141. The minimum absolute atomic E-state index is 0.0419. The Morgan fingerprint density at radius 3 is 2.95 bits per heavy atom. The average Bonchev–Trinajstić information content (AvgIpc) is 3.42. The Morgan fingerprint density at radius 1 is 1.27 bits per heavy atom. The van der Waals surface area contributed by atoms with Crippen molar-refractivity contribution in [1.29, 1.82) is 0 Å². The van der Waals surface area contributed by atoms with Gasteiger partial charge in [0.25, 0.3) is 0 Å². The number of esters is 1. The maximum Gasteiger partial charge on any atom is 0.306 e. The van der Waals surface area contributed by atoms with E-state index in [1.807, 2.05) is 12.1 Å². The largest absolute Gasteiger partial charge is 0.492 e. The fraction of sp³-hybridized carbons (Fsp3) is 0.611. The molecular formula is C18H23NO3. The SMILES string of the molecule is O=C1CCC(Cc2cccc(OCC3CN3CC3CC3)c2)O1. The number of nitrogens with zero attached hydrogens (tertiary/aromatic N) is 1. The molecule has 0 spiro atoms. The van der Waals surface area contributed by atoms with Crippen molar-refractivity contribution in [3.05, 3.63) is 29.8 Å². The van der Waals surface area contributed by atoms with Gasteiger partial charge in [-0.15, -0.1) is 0 Å².